The topological polar surface area (TPSA) is 73.3 Å². The van der Waals surface area contributed by atoms with Gasteiger partial charge in [-0.05, 0) is 17.5 Å². The molecule has 0 fully saturated rings. The van der Waals surface area contributed by atoms with Gasteiger partial charge in [0.1, 0.15) is 0 Å². The van der Waals surface area contributed by atoms with Gasteiger partial charge in [0.2, 0.25) is 11.3 Å². The summed E-state index contributed by atoms with van der Waals surface area (Å²) in [5, 5.41) is 17.2. The molecule has 0 amide bonds. The first kappa shape index (κ1) is 18.7. The second-order valence-corrected chi connectivity index (χ2v) is 6.51. The summed E-state index contributed by atoms with van der Waals surface area (Å²) in [5.41, 5.74) is 1.71. The molecule has 0 atom stereocenters. The molecule has 0 aliphatic heterocycles. The number of pyridine rings is 2. The van der Waals surface area contributed by atoms with Crippen molar-refractivity contribution in [2.45, 2.75) is 0 Å². The average molecular weight is 395 g/mol. The predicted molar refractivity (Wildman–Crippen MR) is 112 cm³/mol. The highest BCUT2D eigenvalue weighted by atomic mass is 16.5. The number of benzene rings is 2. The molecule has 0 saturated heterocycles. The van der Waals surface area contributed by atoms with Gasteiger partial charge in [0.05, 0.1) is 44.9 Å². The van der Waals surface area contributed by atoms with Gasteiger partial charge >= 0.3 is 0 Å². The maximum atomic E-state index is 10.5. The molecule has 0 bridgehead atoms. The van der Waals surface area contributed by atoms with Crippen LogP contribution in [0.5, 0.6) is 28.7 Å². The van der Waals surface area contributed by atoms with Gasteiger partial charge < -0.3 is 29.4 Å². The number of nitrogens with one attached hydrogen (secondary N) is 1. The van der Waals surface area contributed by atoms with E-state index in [0.717, 1.165) is 27.4 Å². The summed E-state index contributed by atoms with van der Waals surface area (Å²) in [5.74, 6) is 2.23. The van der Waals surface area contributed by atoms with E-state index in [4.69, 9.17) is 18.9 Å². The number of anilines is 1. The van der Waals surface area contributed by atoms with Crippen molar-refractivity contribution in [3.63, 3.8) is 0 Å². The van der Waals surface area contributed by atoms with Gasteiger partial charge in [-0.2, -0.15) is 4.40 Å². The van der Waals surface area contributed by atoms with Crippen molar-refractivity contribution >= 4 is 32.7 Å². The van der Waals surface area contributed by atoms with Crippen LogP contribution in [0.15, 0.2) is 36.7 Å². The summed E-state index contributed by atoms with van der Waals surface area (Å²) < 4.78 is 24.1. The Morgan fingerprint density at radius 3 is 2.21 bits per heavy atom. The van der Waals surface area contributed by atoms with E-state index in [9.17, 15) is 5.11 Å². The number of nitrogens with zero attached hydrogens (tertiary/aromatic N) is 1. The Morgan fingerprint density at radius 1 is 0.862 bits per heavy atom. The summed E-state index contributed by atoms with van der Waals surface area (Å²) in [4.78, 5) is 0. The molecule has 0 saturated carbocycles. The molecule has 2 heterocycles. The number of hydrogen-bond donors (Lipinski definition) is 2. The minimum absolute atomic E-state index is 0.109. The number of phenolic OH excluding ortho intramolecular Hbond substituents is 1. The van der Waals surface area contributed by atoms with E-state index in [1.165, 1.54) is 7.11 Å². The lowest BCUT2D eigenvalue weighted by Gasteiger charge is -2.18. The SMILES string of the molecule is CNc1c(OC)c(OC)c(OC)c2cc[n+]3cc4c(O)c(OC)ccc4cc3c12. The van der Waals surface area contributed by atoms with Crippen molar-refractivity contribution in [1.29, 1.82) is 0 Å². The van der Waals surface area contributed by atoms with Crippen molar-refractivity contribution in [3.05, 3.63) is 36.7 Å². The van der Waals surface area contributed by atoms with Crippen LogP contribution >= 0.6 is 0 Å². The lowest BCUT2D eigenvalue weighted by molar-refractivity contribution is -0.509. The van der Waals surface area contributed by atoms with Crippen LogP contribution in [-0.4, -0.2) is 40.6 Å². The number of methoxy groups -OCH3 is 4. The Morgan fingerprint density at radius 2 is 1.59 bits per heavy atom. The van der Waals surface area contributed by atoms with Crippen molar-refractivity contribution in [2.75, 3.05) is 40.8 Å². The first-order valence-corrected chi connectivity index (χ1v) is 9.06. The third-order valence-electron chi connectivity index (χ3n) is 5.20. The average Bonchev–Trinajstić information content (AvgIpc) is 2.76. The molecule has 4 rings (SSSR count). The minimum atomic E-state index is 0.109. The van der Waals surface area contributed by atoms with Crippen LogP contribution in [0.3, 0.4) is 0 Å². The van der Waals surface area contributed by atoms with Gasteiger partial charge in [0, 0.05) is 24.6 Å². The maximum Gasteiger partial charge on any atom is 0.221 e. The Balaban J connectivity index is 2.22. The van der Waals surface area contributed by atoms with Crippen molar-refractivity contribution in [1.82, 2.24) is 0 Å². The van der Waals surface area contributed by atoms with Crippen LogP contribution in [-0.2, 0) is 0 Å². The van der Waals surface area contributed by atoms with E-state index in [1.54, 1.807) is 27.4 Å². The highest BCUT2D eigenvalue weighted by Crippen LogP contribution is 2.50. The van der Waals surface area contributed by atoms with E-state index >= 15 is 0 Å². The van der Waals surface area contributed by atoms with Crippen LogP contribution in [0.2, 0.25) is 0 Å². The summed E-state index contributed by atoms with van der Waals surface area (Å²) in [6, 6.07) is 7.64. The summed E-state index contributed by atoms with van der Waals surface area (Å²) in [6.45, 7) is 0. The molecule has 0 unspecified atom stereocenters. The normalized spacial score (nSPS) is 11.1. The van der Waals surface area contributed by atoms with Gasteiger partial charge in [0.15, 0.2) is 35.4 Å². The molecule has 4 aromatic rings. The molecule has 7 heteroatoms. The van der Waals surface area contributed by atoms with E-state index in [2.05, 4.69) is 5.32 Å². The van der Waals surface area contributed by atoms with Gasteiger partial charge in [-0.1, -0.05) is 0 Å². The van der Waals surface area contributed by atoms with E-state index in [0.29, 0.717) is 28.4 Å². The maximum absolute atomic E-state index is 10.5. The Bertz CT molecular complexity index is 1250. The number of fused-ring (bicyclic) bond motifs is 4. The fourth-order valence-corrected chi connectivity index (χ4v) is 3.89. The molecule has 2 aromatic heterocycles. The molecule has 0 aliphatic rings. The zero-order chi connectivity index (χ0) is 20.7. The first-order chi connectivity index (χ1) is 14.1. The third kappa shape index (κ3) is 2.61. The Kier molecular flexibility index (Phi) is 4.58. The number of ether oxygens (including phenoxy) is 4. The molecule has 150 valence electrons. The smallest absolute Gasteiger partial charge is 0.221 e. The van der Waals surface area contributed by atoms with E-state index < -0.39 is 0 Å². The highest BCUT2D eigenvalue weighted by Gasteiger charge is 2.26. The fraction of sp³-hybridized carbons (Fsp3) is 0.227. The third-order valence-corrected chi connectivity index (χ3v) is 5.20. The second kappa shape index (κ2) is 7.09. The zero-order valence-electron chi connectivity index (χ0n) is 17.0. The van der Waals surface area contributed by atoms with Crippen molar-refractivity contribution in [2.24, 2.45) is 0 Å². The van der Waals surface area contributed by atoms with Crippen molar-refractivity contribution in [3.8, 4) is 28.7 Å². The van der Waals surface area contributed by atoms with E-state index in [1.807, 2.05) is 42.0 Å². The molecule has 0 spiro atoms. The standard InChI is InChI=1S/C22H22N2O5/c1-23-18-17-13(20(27-3)22(29-5)21(18)28-4)8-9-24-11-14-12(10-15(17)24)6-7-16(26-2)19(14)25/h6-11H,1-5H3,(H,23,25)/p+1. The number of aromatic nitrogens is 1. The molecule has 2 N–H and O–H groups in total. The number of phenols is 1. The summed E-state index contributed by atoms with van der Waals surface area (Å²) >= 11 is 0. The zero-order valence-corrected chi connectivity index (χ0v) is 17.0. The van der Waals surface area contributed by atoms with Gasteiger partial charge in [-0.25, -0.2) is 0 Å². The molecule has 7 nitrogen and oxygen atoms in total. The van der Waals surface area contributed by atoms with Gasteiger partial charge in [-0.3, -0.25) is 0 Å². The molecular weight excluding hydrogens is 372 g/mol. The van der Waals surface area contributed by atoms with E-state index in [-0.39, 0.29) is 5.75 Å². The monoisotopic (exact) mass is 395 g/mol. The molecule has 0 aliphatic carbocycles. The predicted octanol–water partition coefficient (Wildman–Crippen LogP) is 3.51. The number of aromatic hydroxyl groups is 1. The Labute approximate surface area is 168 Å². The summed E-state index contributed by atoms with van der Waals surface area (Å²) in [6.07, 6.45) is 3.80. The number of hydrogen-bond acceptors (Lipinski definition) is 6. The highest BCUT2D eigenvalue weighted by molar-refractivity contribution is 6.11. The Hall–Kier alpha value is -3.61. The van der Waals surface area contributed by atoms with Crippen LogP contribution in [0, 0.1) is 0 Å². The van der Waals surface area contributed by atoms with Crippen LogP contribution in [0.4, 0.5) is 5.69 Å². The molecule has 29 heavy (non-hydrogen) atoms. The largest absolute Gasteiger partial charge is 0.504 e. The first-order valence-electron chi connectivity index (χ1n) is 9.06. The fourth-order valence-electron chi connectivity index (χ4n) is 3.89. The van der Waals surface area contributed by atoms with Gasteiger partial charge in [0.25, 0.3) is 0 Å². The lowest BCUT2D eigenvalue weighted by Crippen LogP contribution is -2.21. The quantitative estimate of drug-likeness (QED) is 0.306. The lowest BCUT2D eigenvalue weighted by atomic mass is 10.0. The van der Waals surface area contributed by atoms with Crippen LogP contribution < -0.4 is 28.7 Å². The number of rotatable bonds is 5. The molecule has 2 aromatic carbocycles. The van der Waals surface area contributed by atoms with Crippen molar-refractivity contribution < 1.29 is 28.5 Å². The second-order valence-electron chi connectivity index (χ2n) is 6.51. The minimum Gasteiger partial charge on any atom is -0.504 e. The summed E-state index contributed by atoms with van der Waals surface area (Å²) in [7, 11) is 8.17. The van der Waals surface area contributed by atoms with Crippen LogP contribution in [0.25, 0.3) is 27.1 Å². The van der Waals surface area contributed by atoms with Crippen LogP contribution in [0.1, 0.15) is 0 Å². The van der Waals surface area contributed by atoms with Gasteiger partial charge in [-0.15, -0.1) is 0 Å². The molecule has 0 radical (unpaired) electrons. The molecular formula is C22H23N2O5+.